The summed E-state index contributed by atoms with van der Waals surface area (Å²) in [6, 6.07) is 11.2. The van der Waals surface area contributed by atoms with E-state index in [9.17, 15) is 10.1 Å². The molecule has 8 nitrogen and oxygen atoms in total. The molecular weight excluding hydrogens is 348 g/mol. The van der Waals surface area contributed by atoms with E-state index >= 15 is 0 Å². The van der Waals surface area contributed by atoms with Gasteiger partial charge in [0.15, 0.2) is 0 Å². The fourth-order valence-electron chi connectivity index (χ4n) is 2.16. The molecule has 2 N–H and O–H groups in total. The Balaban J connectivity index is 2.11. The Morgan fingerprint density at radius 3 is 2.08 bits per heavy atom. The highest BCUT2D eigenvalue weighted by Gasteiger charge is 2.11. The predicted octanol–water partition coefficient (Wildman–Crippen LogP) is 3.45. The zero-order valence-electron chi connectivity index (χ0n) is 13.2. The number of halogens is 1. The van der Waals surface area contributed by atoms with Gasteiger partial charge < -0.3 is 15.1 Å². The van der Waals surface area contributed by atoms with E-state index in [0.29, 0.717) is 24.5 Å². The highest BCUT2D eigenvalue weighted by atomic mass is 35.5. The Morgan fingerprint density at radius 2 is 1.56 bits per heavy atom. The van der Waals surface area contributed by atoms with Gasteiger partial charge in [0.2, 0.25) is 0 Å². The second kappa shape index (κ2) is 9.07. The van der Waals surface area contributed by atoms with Gasteiger partial charge in [-0.2, -0.15) is 10.2 Å². The Morgan fingerprint density at radius 1 is 1.00 bits per heavy atom. The number of anilines is 1. The molecule has 0 fully saturated rings. The summed E-state index contributed by atoms with van der Waals surface area (Å²) in [6.07, 6.45) is 0. The molecule has 0 bridgehead atoms. The van der Waals surface area contributed by atoms with Crippen LogP contribution >= 0.6 is 11.6 Å². The van der Waals surface area contributed by atoms with Crippen LogP contribution in [0.25, 0.3) is 0 Å². The molecule has 0 aliphatic rings. The van der Waals surface area contributed by atoms with Gasteiger partial charge in [-0.15, -0.1) is 0 Å². The number of benzene rings is 2. The van der Waals surface area contributed by atoms with Crippen LogP contribution in [0.5, 0.6) is 0 Å². The quantitative estimate of drug-likeness (QED) is 0.423. The molecule has 25 heavy (non-hydrogen) atoms. The predicted molar refractivity (Wildman–Crippen MR) is 95.1 cm³/mol. The summed E-state index contributed by atoms with van der Waals surface area (Å²) in [5.41, 5.74) is 1.66. The zero-order chi connectivity index (χ0) is 18.2. The van der Waals surface area contributed by atoms with Crippen LogP contribution in [0.4, 0.5) is 22.7 Å². The van der Waals surface area contributed by atoms with Crippen molar-refractivity contribution in [1.29, 1.82) is 0 Å². The lowest BCUT2D eigenvalue weighted by molar-refractivity contribution is -0.384. The van der Waals surface area contributed by atoms with E-state index in [2.05, 4.69) is 10.2 Å². The molecule has 0 saturated carbocycles. The standard InChI is InChI=1S/C16H17ClN4O4/c17-15-11-13(3-6-16(15)21(24)25)19-18-12-1-4-14(5-2-12)20(7-9-22)8-10-23/h1-6,11,22-23H,7-10H2/b19-18+. The molecule has 0 radical (unpaired) electrons. The Labute approximate surface area is 149 Å². The van der Waals surface area contributed by atoms with Crippen LogP contribution in [0.2, 0.25) is 5.02 Å². The SMILES string of the molecule is O=[N+]([O-])c1ccc(/N=N/c2ccc(N(CCO)CCO)cc2)cc1Cl. The first kappa shape index (κ1) is 18.8. The molecule has 0 aliphatic heterocycles. The van der Waals surface area contributed by atoms with Gasteiger partial charge >= 0.3 is 0 Å². The minimum Gasteiger partial charge on any atom is -0.395 e. The molecule has 0 atom stereocenters. The lowest BCUT2D eigenvalue weighted by atomic mass is 10.2. The molecule has 9 heteroatoms. The molecule has 0 unspecified atom stereocenters. The normalized spacial score (nSPS) is 11.0. The summed E-state index contributed by atoms with van der Waals surface area (Å²) in [5, 5.41) is 36.9. The smallest absolute Gasteiger partial charge is 0.288 e. The molecule has 0 heterocycles. The van der Waals surface area contributed by atoms with Gasteiger partial charge in [0.1, 0.15) is 5.02 Å². The van der Waals surface area contributed by atoms with E-state index in [0.717, 1.165) is 5.69 Å². The van der Waals surface area contributed by atoms with Crippen molar-refractivity contribution in [3.05, 3.63) is 57.6 Å². The molecule has 0 aliphatic carbocycles. The van der Waals surface area contributed by atoms with Crippen LogP contribution in [0, 0.1) is 10.1 Å². The first-order valence-corrected chi connectivity index (χ1v) is 7.85. The molecule has 0 aromatic heterocycles. The second-order valence-corrected chi connectivity index (χ2v) is 5.45. The largest absolute Gasteiger partial charge is 0.395 e. The van der Waals surface area contributed by atoms with Crippen molar-refractivity contribution in [2.24, 2.45) is 10.2 Å². The summed E-state index contributed by atoms with van der Waals surface area (Å²) in [7, 11) is 0. The van der Waals surface area contributed by atoms with E-state index in [4.69, 9.17) is 21.8 Å². The summed E-state index contributed by atoms with van der Waals surface area (Å²) < 4.78 is 0. The Hall–Kier alpha value is -2.55. The van der Waals surface area contributed by atoms with Crippen LogP contribution in [0.3, 0.4) is 0 Å². The number of azo groups is 1. The van der Waals surface area contributed by atoms with E-state index in [1.165, 1.54) is 18.2 Å². The van der Waals surface area contributed by atoms with Gasteiger partial charge in [-0.1, -0.05) is 11.6 Å². The number of nitro groups is 1. The molecule has 2 aromatic carbocycles. The van der Waals surface area contributed by atoms with E-state index in [1.807, 2.05) is 17.0 Å². The van der Waals surface area contributed by atoms with Crippen LogP contribution in [-0.4, -0.2) is 41.4 Å². The van der Waals surface area contributed by atoms with Crippen molar-refractivity contribution >= 4 is 34.4 Å². The third-order valence-corrected chi connectivity index (χ3v) is 3.67. The highest BCUT2D eigenvalue weighted by Crippen LogP contribution is 2.29. The number of nitrogens with zero attached hydrogens (tertiary/aromatic N) is 4. The summed E-state index contributed by atoms with van der Waals surface area (Å²) in [6.45, 7) is 0.816. The van der Waals surface area contributed by atoms with Gasteiger partial charge in [-0.3, -0.25) is 10.1 Å². The third-order valence-electron chi connectivity index (χ3n) is 3.36. The Kier molecular flexibility index (Phi) is 6.81. The van der Waals surface area contributed by atoms with Crippen molar-refractivity contribution < 1.29 is 15.1 Å². The monoisotopic (exact) mass is 364 g/mol. The van der Waals surface area contributed by atoms with Crippen molar-refractivity contribution in [2.75, 3.05) is 31.2 Å². The van der Waals surface area contributed by atoms with Crippen molar-refractivity contribution in [3.63, 3.8) is 0 Å². The van der Waals surface area contributed by atoms with Gasteiger partial charge in [0, 0.05) is 24.8 Å². The first-order chi connectivity index (χ1) is 12.0. The topological polar surface area (TPSA) is 112 Å². The fourth-order valence-corrected chi connectivity index (χ4v) is 2.41. The van der Waals surface area contributed by atoms with Crippen LogP contribution in [0.1, 0.15) is 0 Å². The number of hydrogen-bond acceptors (Lipinski definition) is 7. The van der Waals surface area contributed by atoms with Crippen molar-refractivity contribution in [2.45, 2.75) is 0 Å². The maximum atomic E-state index is 10.7. The number of aliphatic hydroxyl groups is 2. The minimum absolute atomic E-state index is 0.000414. The van der Waals surface area contributed by atoms with Crippen LogP contribution in [0.15, 0.2) is 52.7 Å². The van der Waals surface area contributed by atoms with Gasteiger partial charge in [-0.05, 0) is 36.4 Å². The van der Waals surface area contributed by atoms with Crippen LogP contribution < -0.4 is 4.90 Å². The maximum Gasteiger partial charge on any atom is 0.288 e. The number of rotatable bonds is 8. The van der Waals surface area contributed by atoms with Crippen LogP contribution in [-0.2, 0) is 0 Å². The average molecular weight is 365 g/mol. The third kappa shape index (κ3) is 5.21. The molecule has 0 amide bonds. The van der Waals surface area contributed by atoms with Crippen molar-refractivity contribution in [1.82, 2.24) is 0 Å². The molecule has 0 saturated heterocycles. The van der Waals surface area contributed by atoms with Gasteiger partial charge in [-0.25, -0.2) is 0 Å². The average Bonchev–Trinajstić information content (AvgIpc) is 2.60. The number of aliphatic hydroxyl groups excluding tert-OH is 2. The second-order valence-electron chi connectivity index (χ2n) is 5.04. The molecule has 2 aromatic rings. The minimum atomic E-state index is -0.563. The lowest BCUT2D eigenvalue weighted by Crippen LogP contribution is -2.29. The summed E-state index contributed by atoms with van der Waals surface area (Å²) in [5.74, 6) is 0. The molecule has 2 rings (SSSR count). The maximum absolute atomic E-state index is 10.7. The van der Waals surface area contributed by atoms with Gasteiger partial charge in [0.05, 0.1) is 29.5 Å². The fraction of sp³-hybridized carbons (Fsp3) is 0.250. The number of nitro benzene ring substituents is 1. The summed E-state index contributed by atoms with van der Waals surface area (Å²) >= 11 is 5.83. The molecule has 132 valence electrons. The van der Waals surface area contributed by atoms with Gasteiger partial charge in [0.25, 0.3) is 5.69 Å². The zero-order valence-corrected chi connectivity index (χ0v) is 14.0. The molecule has 0 spiro atoms. The van der Waals surface area contributed by atoms with E-state index in [1.54, 1.807) is 12.1 Å². The lowest BCUT2D eigenvalue weighted by Gasteiger charge is -2.22. The highest BCUT2D eigenvalue weighted by molar-refractivity contribution is 6.32. The Bertz CT molecular complexity index is 746. The van der Waals surface area contributed by atoms with E-state index in [-0.39, 0.29) is 23.9 Å². The van der Waals surface area contributed by atoms with Crippen molar-refractivity contribution in [3.8, 4) is 0 Å². The summed E-state index contributed by atoms with van der Waals surface area (Å²) in [4.78, 5) is 12.0. The first-order valence-electron chi connectivity index (χ1n) is 7.47. The number of hydrogen-bond donors (Lipinski definition) is 2. The van der Waals surface area contributed by atoms with E-state index < -0.39 is 4.92 Å². The molecular formula is C16H17ClN4O4.